The van der Waals surface area contributed by atoms with Crippen molar-refractivity contribution >= 4 is 44.5 Å². The number of aryl methyl sites for hydroxylation is 1. The van der Waals surface area contributed by atoms with Crippen LogP contribution in [0.5, 0.6) is 0 Å². The third-order valence-electron chi connectivity index (χ3n) is 3.72. The Morgan fingerprint density at radius 1 is 1.23 bits per heavy atom. The number of carbonyl (C=O) groups excluding carboxylic acids is 2. The van der Waals surface area contributed by atoms with Gasteiger partial charge in [0.1, 0.15) is 5.58 Å². The Morgan fingerprint density at radius 2 is 1.96 bits per heavy atom. The fraction of sp³-hybridized carbons (Fsp3) is 0.105. The van der Waals surface area contributed by atoms with Gasteiger partial charge in [-0.3, -0.25) is 4.79 Å². The summed E-state index contributed by atoms with van der Waals surface area (Å²) in [6.45, 7) is 1.31. The molecule has 1 N–H and O–H groups in total. The van der Waals surface area contributed by atoms with Gasteiger partial charge >= 0.3 is 5.97 Å². The number of hydrogen-bond donors (Lipinski definition) is 1. The highest BCUT2D eigenvalue weighted by atomic mass is 79.9. The minimum Gasteiger partial charge on any atom is -0.450 e. The van der Waals surface area contributed by atoms with Crippen LogP contribution in [-0.4, -0.2) is 18.5 Å². The Hall–Kier alpha value is -3.11. The van der Waals surface area contributed by atoms with Gasteiger partial charge in [0.2, 0.25) is 5.76 Å². The topological polar surface area (TPSA) is 92.3 Å². The molecule has 3 rings (SSSR count). The monoisotopic (exact) mass is 412 g/mol. The predicted octanol–water partition coefficient (Wildman–Crippen LogP) is 4.17. The van der Waals surface area contributed by atoms with Gasteiger partial charge in [0.05, 0.1) is 11.6 Å². The Morgan fingerprint density at radius 3 is 2.65 bits per heavy atom. The third-order valence-corrected chi connectivity index (χ3v) is 4.21. The molecule has 26 heavy (non-hydrogen) atoms. The third kappa shape index (κ3) is 3.76. The van der Waals surface area contributed by atoms with E-state index in [9.17, 15) is 9.59 Å². The first-order valence-electron chi connectivity index (χ1n) is 7.63. The smallest absolute Gasteiger partial charge is 0.375 e. The van der Waals surface area contributed by atoms with Crippen molar-refractivity contribution in [2.45, 2.75) is 6.92 Å². The SMILES string of the molecule is Cc1c(C(=O)OCC(=O)Nc2ccc(C#N)cc2)oc2ccc(Br)cc12. The summed E-state index contributed by atoms with van der Waals surface area (Å²) in [5, 5.41) is 12.1. The molecule has 0 unspecified atom stereocenters. The summed E-state index contributed by atoms with van der Waals surface area (Å²) in [4.78, 5) is 24.1. The summed E-state index contributed by atoms with van der Waals surface area (Å²) >= 11 is 3.37. The predicted molar refractivity (Wildman–Crippen MR) is 98.7 cm³/mol. The van der Waals surface area contributed by atoms with Gasteiger partial charge < -0.3 is 14.5 Å². The highest BCUT2D eigenvalue weighted by Gasteiger charge is 2.20. The van der Waals surface area contributed by atoms with Crippen molar-refractivity contribution in [1.29, 1.82) is 5.26 Å². The van der Waals surface area contributed by atoms with Gasteiger partial charge in [-0.15, -0.1) is 0 Å². The molecule has 3 aromatic rings. The second-order valence-corrected chi connectivity index (χ2v) is 6.43. The van der Waals surface area contributed by atoms with Crippen LogP contribution < -0.4 is 5.32 Å². The van der Waals surface area contributed by atoms with E-state index in [0.717, 1.165) is 9.86 Å². The minimum absolute atomic E-state index is 0.0734. The number of nitriles is 1. The molecular weight excluding hydrogens is 400 g/mol. The second kappa shape index (κ2) is 7.42. The zero-order valence-corrected chi connectivity index (χ0v) is 15.3. The number of fused-ring (bicyclic) bond motifs is 1. The summed E-state index contributed by atoms with van der Waals surface area (Å²) < 4.78 is 11.4. The van der Waals surface area contributed by atoms with Gasteiger partial charge in [0.15, 0.2) is 6.61 Å². The second-order valence-electron chi connectivity index (χ2n) is 5.51. The van der Waals surface area contributed by atoms with Crippen LogP contribution in [0.4, 0.5) is 5.69 Å². The molecule has 0 radical (unpaired) electrons. The maximum Gasteiger partial charge on any atom is 0.375 e. The van der Waals surface area contributed by atoms with E-state index in [1.807, 2.05) is 18.2 Å². The van der Waals surface area contributed by atoms with Gasteiger partial charge in [-0.1, -0.05) is 15.9 Å². The quantitative estimate of drug-likeness (QED) is 0.649. The molecule has 0 saturated carbocycles. The van der Waals surface area contributed by atoms with Crippen molar-refractivity contribution in [3.63, 3.8) is 0 Å². The average Bonchev–Trinajstić information content (AvgIpc) is 2.97. The highest BCUT2D eigenvalue weighted by Crippen LogP contribution is 2.28. The fourth-order valence-electron chi connectivity index (χ4n) is 2.41. The highest BCUT2D eigenvalue weighted by molar-refractivity contribution is 9.10. The lowest BCUT2D eigenvalue weighted by atomic mass is 10.1. The first-order valence-corrected chi connectivity index (χ1v) is 8.43. The van der Waals surface area contributed by atoms with Crippen LogP contribution in [0.15, 0.2) is 51.4 Å². The molecular formula is C19H13BrN2O4. The molecule has 0 aliphatic heterocycles. The van der Waals surface area contributed by atoms with Gasteiger partial charge in [-0.05, 0) is 49.4 Å². The Balaban J connectivity index is 1.64. The van der Waals surface area contributed by atoms with E-state index in [1.165, 1.54) is 0 Å². The van der Waals surface area contributed by atoms with E-state index in [2.05, 4.69) is 21.2 Å². The van der Waals surface area contributed by atoms with Crippen LogP contribution in [0.2, 0.25) is 0 Å². The van der Waals surface area contributed by atoms with Crippen LogP contribution in [0.3, 0.4) is 0 Å². The van der Waals surface area contributed by atoms with Crippen molar-refractivity contribution in [2.75, 3.05) is 11.9 Å². The van der Waals surface area contributed by atoms with Crippen LogP contribution in [-0.2, 0) is 9.53 Å². The van der Waals surface area contributed by atoms with E-state index in [1.54, 1.807) is 37.3 Å². The largest absolute Gasteiger partial charge is 0.450 e. The van der Waals surface area contributed by atoms with Crippen molar-refractivity contribution in [3.8, 4) is 6.07 Å². The van der Waals surface area contributed by atoms with Crippen LogP contribution in [0, 0.1) is 18.3 Å². The molecule has 1 aromatic heterocycles. The minimum atomic E-state index is -0.704. The molecule has 0 aliphatic carbocycles. The summed E-state index contributed by atoms with van der Waals surface area (Å²) in [6.07, 6.45) is 0. The Labute approximate surface area is 157 Å². The number of hydrogen-bond acceptors (Lipinski definition) is 5. The molecule has 2 aromatic carbocycles. The molecule has 130 valence electrons. The van der Waals surface area contributed by atoms with Crippen molar-refractivity contribution < 1.29 is 18.7 Å². The van der Waals surface area contributed by atoms with Crippen LogP contribution in [0.1, 0.15) is 21.7 Å². The average molecular weight is 413 g/mol. The van der Waals surface area contributed by atoms with Gasteiger partial charge in [0, 0.05) is 21.1 Å². The lowest BCUT2D eigenvalue weighted by Crippen LogP contribution is -2.21. The number of anilines is 1. The maximum atomic E-state index is 12.2. The first kappa shape index (κ1) is 17.7. The van der Waals surface area contributed by atoms with Crippen LogP contribution in [0.25, 0.3) is 11.0 Å². The molecule has 0 spiro atoms. The number of benzene rings is 2. The van der Waals surface area contributed by atoms with Crippen molar-refractivity contribution in [3.05, 3.63) is 63.8 Å². The number of carbonyl (C=O) groups is 2. The molecule has 6 nitrogen and oxygen atoms in total. The molecule has 0 fully saturated rings. The normalized spacial score (nSPS) is 10.3. The van der Waals surface area contributed by atoms with E-state index in [4.69, 9.17) is 14.4 Å². The lowest BCUT2D eigenvalue weighted by molar-refractivity contribution is -0.119. The molecule has 1 amide bonds. The molecule has 0 bridgehead atoms. The number of halogens is 1. The Kier molecular flexibility index (Phi) is 5.05. The number of ether oxygens (including phenoxy) is 1. The molecule has 1 heterocycles. The number of nitrogens with one attached hydrogen (secondary N) is 1. The molecule has 7 heteroatoms. The van der Waals surface area contributed by atoms with Gasteiger partial charge in [0.25, 0.3) is 5.91 Å². The number of esters is 1. The fourth-order valence-corrected chi connectivity index (χ4v) is 2.77. The van der Waals surface area contributed by atoms with Gasteiger partial charge in [-0.2, -0.15) is 5.26 Å². The van der Waals surface area contributed by atoms with Crippen molar-refractivity contribution in [1.82, 2.24) is 0 Å². The van der Waals surface area contributed by atoms with E-state index in [-0.39, 0.29) is 5.76 Å². The molecule has 0 saturated heterocycles. The van der Waals surface area contributed by atoms with Gasteiger partial charge in [-0.25, -0.2) is 4.79 Å². The number of furan rings is 1. The summed E-state index contributed by atoms with van der Waals surface area (Å²) in [6, 6.07) is 13.8. The zero-order chi connectivity index (χ0) is 18.7. The summed E-state index contributed by atoms with van der Waals surface area (Å²) in [5.41, 5.74) is 2.22. The number of rotatable bonds is 4. The van der Waals surface area contributed by atoms with Crippen LogP contribution >= 0.6 is 15.9 Å². The maximum absolute atomic E-state index is 12.2. The Bertz CT molecular complexity index is 1030. The summed E-state index contributed by atoms with van der Waals surface area (Å²) in [7, 11) is 0. The molecule has 0 atom stereocenters. The number of amides is 1. The zero-order valence-electron chi connectivity index (χ0n) is 13.7. The molecule has 0 aliphatic rings. The standard InChI is InChI=1S/C19H13BrN2O4/c1-11-15-8-13(20)4-7-16(15)26-18(11)19(24)25-10-17(23)22-14-5-2-12(9-21)3-6-14/h2-8H,10H2,1H3,(H,22,23). The van der Waals surface area contributed by atoms with E-state index in [0.29, 0.717) is 22.4 Å². The lowest BCUT2D eigenvalue weighted by Gasteiger charge is -2.06. The number of nitrogens with zero attached hydrogens (tertiary/aromatic N) is 1. The first-order chi connectivity index (χ1) is 12.5. The summed E-state index contributed by atoms with van der Waals surface area (Å²) in [5.74, 6) is -1.12. The van der Waals surface area contributed by atoms with Crippen molar-refractivity contribution in [2.24, 2.45) is 0 Å². The van der Waals surface area contributed by atoms with E-state index >= 15 is 0 Å². The van der Waals surface area contributed by atoms with E-state index < -0.39 is 18.5 Å².